The first-order chi connectivity index (χ1) is 11.9. The third-order valence-electron chi connectivity index (χ3n) is 3.73. The molecule has 0 fully saturated rings. The van der Waals surface area contributed by atoms with Gasteiger partial charge in [-0.05, 0) is 23.3 Å². The van der Waals surface area contributed by atoms with Crippen molar-refractivity contribution in [1.29, 1.82) is 0 Å². The Bertz CT molecular complexity index is 753. The first-order valence-corrected chi connectivity index (χ1v) is 8.41. The lowest BCUT2D eigenvalue weighted by molar-refractivity contribution is -0.130. The van der Waals surface area contributed by atoms with Gasteiger partial charge in [-0.2, -0.15) is 0 Å². The van der Waals surface area contributed by atoms with E-state index in [1.807, 2.05) is 36.4 Å². The Hall–Kier alpha value is -2.24. The Balaban J connectivity index is 2.06. The lowest BCUT2D eigenvalue weighted by Gasteiger charge is -2.22. The molecule has 7 heteroatoms. The van der Waals surface area contributed by atoms with Gasteiger partial charge in [0.1, 0.15) is 0 Å². The van der Waals surface area contributed by atoms with Gasteiger partial charge in [0, 0.05) is 13.6 Å². The van der Waals surface area contributed by atoms with Gasteiger partial charge in [-0.15, -0.1) is 0 Å². The van der Waals surface area contributed by atoms with Crippen molar-refractivity contribution in [3.8, 4) is 0 Å². The number of carbonyl (C=O) groups excluding carboxylic acids is 2. The zero-order valence-corrected chi connectivity index (χ0v) is 15.2. The van der Waals surface area contributed by atoms with Gasteiger partial charge < -0.3 is 16.0 Å². The summed E-state index contributed by atoms with van der Waals surface area (Å²) in [5, 5.41) is 3.52. The molecule has 0 aromatic heterocycles. The molecule has 0 heterocycles. The highest BCUT2D eigenvalue weighted by Crippen LogP contribution is 2.23. The smallest absolute Gasteiger partial charge is 0.312 e. The van der Waals surface area contributed by atoms with Gasteiger partial charge in [-0.25, -0.2) is 4.79 Å². The van der Waals surface area contributed by atoms with E-state index in [0.29, 0.717) is 16.6 Å². The monoisotopic (exact) mass is 379 g/mol. The van der Waals surface area contributed by atoms with E-state index >= 15 is 0 Å². The molecular weight excluding hydrogens is 361 g/mol. The number of urea groups is 1. The normalized spacial score (nSPS) is 11.6. The number of primary amides is 1. The Morgan fingerprint density at radius 3 is 2.40 bits per heavy atom. The van der Waals surface area contributed by atoms with Crippen LogP contribution in [0.5, 0.6) is 0 Å². The van der Waals surface area contributed by atoms with Crippen LogP contribution in [0.3, 0.4) is 0 Å². The van der Waals surface area contributed by atoms with Gasteiger partial charge in [0.2, 0.25) is 5.91 Å². The average molecular weight is 380 g/mol. The standard InChI is InChI=1S/C18H19Cl2N3O2/c1-23(11-12-7-8-14(19)15(20)9-12)17(24)10-16(22-18(21)25)13-5-3-2-4-6-13/h2-9,16H,10-11H2,1H3,(H3,21,22,25)/t16-/m0/s1. The summed E-state index contributed by atoms with van der Waals surface area (Å²) in [6, 6.07) is 13.3. The van der Waals surface area contributed by atoms with E-state index in [4.69, 9.17) is 28.9 Å². The highest BCUT2D eigenvalue weighted by atomic mass is 35.5. The van der Waals surface area contributed by atoms with Crippen LogP contribution in [0.4, 0.5) is 4.79 Å². The summed E-state index contributed by atoms with van der Waals surface area (Å²) in [4.78, 5) is 25.4. The Kier molecular flexibility index (Phi) is 6.67. The average Bonchev–Trinajstić information content (AvgIpc) is 2.58. The lowest BCUT2D eigenvalue weighted by Crippen LogP contribution is -2.37. The van der Waals surface area contributed by atoms with Crippen LogP contribution in [0.1, 0.15) is 23.6 Å². The molecule has 0 aliphatic carbocycles. The van der Waals surface area contributed by atoms with Gasteiger partial charge in [-0.3, -0.25) is 4.79 Å². The van der Waals surface area contributed by atoms with Crippen molar-refractivity contribution in [2.24, 2.45) is 5.73 Å². The lowest BCUT2D eigenvalue weighted by atomic mass is 10.0. The molecule has 2 rings (SSSR count). The summed E-state index contributed by atoms with van der Waals surface area (Å²) < 4.78 is 0. The molecule has 0 unspecified atom stereocenters. The number of benzene rings is 2. The van der Waals surface area contributed by atoms with E-state index in [9.17, 15) is 9.59 Å². The van der Waals surface area contributed by atoms with E-state index in [2.05, 4.69) is 5.32 Å². The SMILES string of the molecule is CN(Cc1ccc(Cl)c(Cl)c1)C(=O)C[C@H](NC(N)=O)c1ccccc1. The summed E-state index contributed by atoms with van der Waals surface area (Å²) in [5.74, 6) is -0.131. The van der Waals surface area contributed by atoms with Gasteiger partial charge >= 0.3 is 6.03 Å². The molecule has 132 valence electrons. The zero-order chi connectivity index (χ0) is 18.4. The minimum Gasteiger partial charge on any atom is -0.352 e. The number of hydrogen-bond donors (Lipinski definition) is 2. The number of halogens is 2. The largest absolute Gasteiger partial charge is 0.352 e. The van der Waals surface area contributed by atoms with E-state index in [0.717, 1.165) is 11.1 Å². The molecule has 5 nitrogen and oxygen atoms in total. The molecule has 1 atom stereocenters. The van der Waals surface area contributed by atoms with Gasteiger partial charge in [-0.1, -0.05) is 59.6 Å². The van der Waals surface area contributed by atoms with E-state index in [1.165, 1.54) is 0 Å². The number of nitrogens with one attached hydrogen (secondary N) is 1. The number of amides is 3. The molecular formula is C18H19Cl2N3O2. The maximum Gasteiger partial charge on any atom is 0.312 e. The maximum absolute atomic E-state index is 12.5. The highest BCUT2D eigenvalue weighted by molar-refractivity contribution is 6.42. The van der Waals surface area contributed by atoms with Gasteiger partial charge in [0.05, 0.1) is 22.5 Å². The number of nitrogens with zero attached hydrogens (tertiary/aromatic N) is 1. The predicted molar refractivity (Wildman–Crippen MR) is 99.5 cm³/mol. The second kappa shape index (κ2) is 8.74. The fraction of sp³-hybridized carbons (Fsp3) is 0.222. The number of carbonyl (C=O) groups is 2. The second-order valence-electron chi connectivity index (χ2n) is 5.67. The highest BCUT2D eigenvalue weighted by Gasteiger charge is 2.20. The maximum atomic E-state index is 12.5. The molecule has 3 amide bonds. The zero-order valence-electron chi connectivity index (χ0n) is 13.7. The van der Waals surface area contributed by atoms with Crippen molar-refractivity contribution in [3.63, 3.8) is 0 Å². The van der Waals surface area contributed by atoms with Crippen LogP contribution >= 0.6 is 23.2 Å². The molecule has 0 bridgehead atoms. The van der Waals surface area contributed by atoms with Crippen LogP contribution in [0, 0.1) is 0 Å². The molecule has 0 aliphatic rings. The first kappa shape index (κ1) is 19.1. The Labute approximate surface area is 156 Å². The summed E-state index contributed by atoms with van der Waals surface area (Å²) >= 11 is 11.9. The molecule has 3 N–H and O–H groups in total. The first-order valence-electron chi connectivity index (χ1n) is 7.65. The van der Waals surface area contributed by atoms with Gasteiger partial charge in [0.25, 0.3) is 0 Å². The Morgan fingerprint density at radius 1 is 1.12 bits per heavy atom. The van der Waals surface area contributed by atoms with Crippen molar-refractivity contribution in [2.75, 3.05) is 7.05 Å². The molecule has 25 heavy (non-hydrogen) atoms. The van der Waals surface area contributed by atoms with Crippen molar-refractivity contribution >= 4 is 35.1 Å². The van der Waals surface area contributed by atoms with E-state index in [-0.39, 0.29) is 12.3 Å². The van der Waals surface area contributed by atoms with Crippen LogP contribution < -0.4 is 11.1 Å². The second-order valence-corrected chi connectivity index (χ2v) is 6.49. The Morgan fingerprint density at radius 2 is 1.80 bits per heavy atom. The fourth-order valence-corrected chi connectivity index (χ4v) is 2.76. The van der Waals surface area contributed by atoms with Crippen LogP contribution in [-0.2, 0) is 11.3 Å². The molecule has 0 radical (unpaired) electrons. The molecule has 2 aromatic carbocycles. The predicted octanol–water partition coefficient (Wildman–Crippen LogP) is 3.75. The fourth-order valence-electron chi connectivity index (χ4n) is 2.44. The van der Waals surface area contributed by atoms with Gasteiger partial charge in [0.15, 0.2) is 0 Å². The third kappa shape index (κ3) is 5.66. The molecule has 0 saturated heterocycles. The summed E-state index contributed by atoms with van der Waals surface area (Å²) in [6.07, 6.45) is 0.102. The van der Waals surface area contributed by atoms with Crippen molar-refractivity contribution in [1.82, 2.24) is 10.2 Å². The molecule has 2 aromatic rings. The van der Waals surface area contributed by atoms with Crippen LogP contribution in [0.15, 0.2) is 48.5 Å². The summed E-state index contributed by atoms with van der Waals surface area (Å²) in [5.41, 5.74) is 6.92. The quantitative estimate of drug-likeness (QED) is 0.801. The van der Waals surface area contributed by atoms with Crippen molar-refractivity contribution in [3.05, 3.63) is 69.7 Å². The van der Waals surface area contributed by atoms with Crippen LogP contribution in [0.2, 0.25) is 10.0 Å². The topological polar surface area (TPSA) is 75.4 Å². The third-order valence-corrected chi connectivity index (χ3v) is 4.47. The summed E-state index contributed by atoms with van der Waals surface area (Å²) in [7, 11) is 1.69. The van der Waals surface area contributed by atoms with Crippen LogP contribution in [-0.4, -0.2) is 23.9 Å². The number of rotatable bonds is 6. The minimum atomic E-state index is -0.672. The van der Waals surface area contributed by atoms with Crippen LogP contribution in [0.25, 0.3) is 0 Å². The molecule has 0 aliphatic heterocycles. The molecule has 0 saturated carbocycles. The van der Waals surface area contributed by atoms with E-state index < -0.39 is 12.1 Å². The minimum absolute atomic E-state index is 0.102. The number of hydrogen-bond acceptors (Lipinski definition) is 2. The number of nitrogens with two attached hydrogens (primary N) is 1. The van der Waals surface area contributed by atoms with Crippen molar-refractivity contribution in [2.45, 2.75) is 19.0 Å². The van der Waals surface area contributed by atoms with E-state index in [1.54, 1.807) is 24.1 Å². The molecule has 0 spiro atoms. The van der Waals surface area contributed by atoms with Crippen molar-refractivity contribution < 1.29 is 9.59 Å². The summed E-state index contributed by atoms with van der Waals surface area (Å²) in [6.45, 7) is 0.383.